The predicted molar refractivity (Wildman–Crippen MR) is 91.6 cm³/mol. The molecule has 1 N–H and O–H groups in total. The number of aromatic nitrogens is 2. The Bertz CT molecular complexity index is 940. The summed E-state index contributed by atoms with van der Waals surface area (Å²) in [7, 11) is 0. The summed E-state index contributed by atoms with van der Waals surface area (Å²) < 4.78 is 40.5. The molecule has 0 aliphatic heterocycles. The van der Waals surface area contributed by atoms with Gasteiger partial charge in [0.05, 0.1) is 5.56 Å². The Kier molecular flexibility index (Phi) is 4.71. The molecule has 0 fully saturated rings. The van der Waals surface area contributed by atoms with Crippen LogP contribution in [0.1, 0.15) is 21.9 Å². The quantitative estimate of drug-likeness (QED) is 0.738. The van der Waals surface area contributed by atoms with Crippen molar-refractivity contribution in [1.82, 2.24) is 9.97 Å². The highest BCUT2D eigenvalue weighted by atomic mass is 19.4. The molecule has 26 heavy (non-hydrogen) atoms. The van der Waals surface area contributed by atoms with Crippen molar-refractivity contribution in [2.24, 2.45) is 0 Å². The van der Waals surface area contributed by atoms with Gasteiger partial charge in [-0.15, -0.1) is 0 Å². The van der Waals surface area contributed by atoms with Gasteiger partial charge in [-0.2, -0.15) is 13.2 Å². The van der Waals surface area contributed by atoms with E-state index in [9.17, 15) is 18.0 Å². The lowest BCUT2D eigenvalue weighted by Gasteiger charge is -2.15. The molecule has 0 saturated carbocycles. The Balaban J connectivity index is 1.96. The van der Waals surface area contributed by atoms with Gasteiger partial charge in [-0.05, 0) is 36.2 Å². The summed E-state index contributed by atoms with van der Waals surface area (Å²) in [5.41, 5.74) is -0.199. The molecule has 0 spiro atoms. The SMILES string of the molecule is Cc1nccc(C(=O)Nc2ccc(-c3ccccc3)c(C(F)(F)F)c2)n1. The highest BCUT2D eigenvalue weighted by Gasteiger charge is 2.34. The van der Waals surface area contributed by atoms with E-state index in [-0.39, 0.29) is 16.9 Å². The molecule has 3 aromatic rings. The Morgan fingerprint density at radius 2 is 1.77 bits per heavy atom. The van der Waals surface area contributed by atoms with Crippen LogP contribution >= 0.6 is 0 Å². The third kappa shape index (κ3) is 3.88. The predicted octanol–water partition coefficient (Wildman–Crippen LogP) is 4.72. The minimum absolute atomic E-state index is 0.0401. The van der Waals surface area contributed by atoms with Crippen molar-refractivity contribution in [1.29, 1.82) is 0 Å². The van der Waals surface area contributed by atoms with Gasteiger partial charge in [-0.3, -0.25) is 4.79 Å². The number of amides is 1. The van der Waals surface area contributed by atoms with E-state index in [1.54, 1.807) is 37.3 Å². The fourth-order valence-corrected chi connectivity index (χ4v) is 2.50. The fourth-order valence-electron chi connectivity index (χ4n) is 2.50. The first-order valence-electron chi connectivity index (χ1n) is 7.72. The van der Waals surface area contributed by atoms with Gasteiger partial charge >= 0.3 is 6.18 Å². The molecular weight excluding hydrogens is 343 g/mol. The maximum absolute atomic E-state index is 13.5. The number of aryl methyl sites for hydroxylation is 1. The number of rotatable bonds is 3. The summed E-state index contributed by atoms with van der Waals surface area (Å²) in [5.74, 6) is -0.204. The first kappa shape index (κ1) is 17.6. The van der Waals surface area contributed by atoms with E-state index >= 15 is 0 Å². The molecule has 0 saturated heterocycles. The smallest absolute Gasteiger partial charge is 0.321 e. The second kappa shape index (κ2) is 6.95. The molecule has 3 rings (SSSR count). The number of hydrogen-bond donors (Lipinski definition) is 1. The average molecular weight is 357 g/mol. The van der Waals surface area contributed by atoms with Crippen molar-refractivity contribution in [3.8, 4) is 11.1 Å². The molecular formula is C19H14F3N3O. The minimum Gasteiger partial charge on any atom is -0.321 e. The van der Waals surface area contributed by atoms with Gasteiger partial charge < -0.3 is 5.32 Å². The monoisotopic (exact) mass is 357 g/mol. The molecule has 7 heteroatoms. The van der Waals surface area contributed by atoms with Gasteiger partial charge in [0.1, 0.15) is 11.5 Å². The van der Waals surface area contributed by atoms with Crippen LogP contribution in [0.4, 0.5) is 18.9 Å². The summed E-state index contributed by atoms with van der Waals surface area (Å²) in [4.78, 5) is 20.0. The average Bonchev–Trinajstić information content (AvgIpc) is 2.61. The largest absolute Gasteiger partial charge is 0.417 e. The third-order valence-corrected chi connectivity index (χ3v) is 3.68. The van der Waals surface area contributed by atoms with Crippen molar-refractivity contribution < 1.29 is 18.0 Å². The van der Waals surface area contributed by atoms with E-state index in [2.05, 4.69) is 15.3 Å². The number of hydrogen-bond acceptors (Lipinski definition) is 3. The summed E-state index contributed by atoms with van der Waals surface area (Å²) in [6.07, 6.45) is -3.14. The maximum Gasteiger partial charge on any atom is 0.417 e. The molecule has 0 radical (unpaired) electrons. The second-order valence-corrected chi connectivity index (χ2v) is 5.57. The number of benzene rings is 2. The van der Waals surface area contributed by atoms with Crippen molar-refractivity contribution in [2.45, 2.75) is 13.1 Å². The van der Waals surface area contributed by atoms with Crippen molar-refractivity contribution >= 4 is 11.6 Å². The molecule has 1 amide bonds. The fraction of sp³-hybridized carbons (Fsp3) is 0.105. The van der Waals surface area contributed by atoms with E-state index in [1.807, 2.05) is 0 Å². The van der Waals surface area contributed by atoms with Crippen molar-refractivity contribution in [2.75, 3.05) is 5.32 Å². The second-order valence-electron chi connectivity index (χ2n) is 5.57. The number of carbonyl (C=O) groups is 1. The highest BCUT2D eigenvalue weighted by Crippen LogP contribution is 2.38. The number of halogens is 3. The number of nitrogens with one attached hydrogen (secondary N) is 1. The Morgan fingerprint density at radius 3 is 2.42 bits per heavy atom. The Hall–Kier alpha value is -3.22. The van der Waals surface area contributed by atoms with Crippen LogP contribution in [-0.4, -0.2) is 15.9 Å². The van der Waals surface area contributed by atoms with E-state index in [0.29, 0.717) is 11.4 Å². The van der Waals surface area contributed by atoms with Crippen LogP contribution in [-0.2, 0) is 6.18 Å². The minimum atomic E-state index is -4.56. The van der Waals surface area contributed by atoms with Gasteiger partial charge in [-0.1, -0.05) is 36.4 Å². The zero-order valence-electron chi connectivity index (χ0n) is 13.7. The van der Waals surface area contributed by atoms with Crippen LogP contribution in [0.5, 0.6) is 0 Å². The zero-order chi connectivity index (χ0) is 18.7. The maximum atomic E-state index is 13.5. The number of carbonyl (C=O) groups excluding carboxylic acids is 1. The van der Waals surface area contributed by atoms with E-state index in [0.717, 1.165) is 6.07 Å². The lowest BCUT2D eigenvalue weighted by molar-refractivity contribution is -0.137. The van der Waals surface area contributed by atoms with Crippen LogP contribution in [0.25, 0.3) is 11.1 Å². The van der Waals surface area contributed by atoms with Gasteiger partial charge in [0.15, 0.2) is 0 Å². The summed E-state index contributed by atoms with van der Waals surface area (Å²) in [5, 5.41) is 2.45. The Labute approximate surface area is 147 Å². The molecule has 132 valence electrons. The molecule has 2 aromatic carbocycles. The van der Waals surface area contributed by atoms with Crippen LogP contribution in [0.2, 0.25) is 0 Å². The van der Waals surface area contributed by atoms with Crippen LogP contribution in [0, 0.1) is 6.92 Å². The Morgan fingerprint density at radius 1 is 1.04 bits per heavy atom. The molecule has 0 unspecified atom stereocenters. The number of anilines is 1. The first-order valence-corrected chi connectivity index (χ1v) is 7.72. The summed E-state index contributed by atoms with van der Waals surface area (Å²) in [6, 6.07) is 13.4. The van der Waals surface area contributed by atoms with Gasteiger partial charge in [0, 0.05) is 11.9 Å². The van der Waals surface area contributed by atoms with Crippen molar-refractivity contribution in [3.05, 3.63) is 77.9 Å². The molecule has 1 aromatic heterocycles. The van der Waals surface area contributed by atoms with Crippen LogP contribution < -0.4 is 5.32 Å². The van der Waals surface area contributed by atoms with E-state index in [1.165, 1.54) is 24.4 Å². The molecule has 0 aliphatic rings. The number of nitrogens with zero attached hydrogens (tertiary/aromatic N) is 2. The zero-order valence-corrected chi connectivity index (χ0v) is 13.7. The topological polar surface area (TPSA) is 54.9 Å². The van der Waals surface area contributed by atoms with Crippen LogP contribution in [0.3, 0.4) is 0 Å². The molecule has 0 aliphatic carbocycles. The van der Waals surface area contributed by atoms with Crippen LogP contribution in [0.15, 0.2) is 60.8 Å². The van der Waals surface area contributed by atoms with Crippen molar-refractivity contribution in [3.63, 3.8) is 0 Å². The standard InChI is InChI=1S/C19H14F3N3O/c1-12-23-10-9-17(24-12)18(26)25-14-7-8-15(13-5-3-2-4-6-13)16(11-14)19(20,21)22/h2-11H,1H3,(H,25,26). The summed E-state index contributed by atoms with van der Waals surface area (Å²) >= 11 is 0. The molecule has 1 heterocycles. The lowest BCUT2D eigenvalue weighted by atomic mass is 9.98. The third-order valence-electron chi connectivity index (χ3n) is 3.68. The van der Waals surface area contributed by atoms with E-state index < -0.39 is 17.6 Å². The van der Waals surface area contributed by atoms with Gasteiger partial charge in [0.2, 0.25) is 0 Å². The van der Waals surface area contributed by atoms with Gasteiger partial charge in [-0.25, -0.2) is 9.97 Å². The first-order chi connectivity index (χ1) is 12.3. The normalized spacial score (nSPS) is 11.2. The van der Waals surface area contributed by atoms with E-state index in [4.69, 9.17) is 0 Å². The van der Waals surface area contributed by atoms with Gasteiger partial charge in [0.25, 0.3) is 5.91 Å². The summed E-state index contributed by atoms with van der Waals surface area (Å²) in [6.45, 7) is 1.62. The highest BCUT2D eigenvalue weighted by molar-refractivity contribution is 6.03. The molecule has 4 nitrogen and oxygen atoms in total. The lowest BCUT2D eigenvalue weighted by Crippen LogP contribution is -2.15. The molecule has 0 atom stereocenters. The number of alkyl halides is 3. The molecule has 0 bridgehead atoms.